The molecule has 0 unspecified atom stereocenters. The van der Waals surface area contributed by atoms with E-state index in [9.17, 15) is 0 Å². The van der Waals surface area contributed by atoms with Gasteiger partial charge in [0.15, 0.2) is 5.75 Å². The van der Waals surface area contributed by atoms with E-state index in [0.717, 1.165) is 28.2 Å². The second-order valence-corrected chi connectivity index (χ2v) is 7.76. The topological polar surface area (TPSA) is 137 Å². The maximum atomic E-state index is 6.24. The number of hydrazone groups is 1. The van der Waals surface area contributed by atoms with Crippen LogP contribution in [0.5, 0.6) is 11.5 Å². The SMILES string of the molecule is Cc1cc(Oc2ccnc(Nc3cncc(CC/C(N)=N/N)c3)c2)c(-c2ccccn2)nc1C. The molecule has 4 aromatic heterocycles. The van der Waals surface area contributed by atoms with Crippen LogP contribution in [0.4, 0.5) is 11.5 Å². The number of amidine groups is 1. The molecule has 9 heteroatoms. The molecule has 34 heavy (non-hydrogen) atoms. The van der Waals surface area contributed by atoms with Gasteiger partial charge in [-0.05, 0) is 61.7 Å². The molecule has 0 aromatic carbocycles. The third kappa shape index (κ3) is 5.63. The Morgan fingerprint density at radius 2 is 1.94 bits per heavy atom. The number of anilines is 2. The summed E-state index contributed by atoms with van der Waals surface area (Å²) < 4.78 is 6.24. The highest BCUT2D eigenvalue weighted by molar-refractivity contribution is 5.80. The van der Waals surface area contributed by atoms with Crippen LogP contribution in [0.2, 0.25) is 0 Å². The highest BCUT2D eigenvalue weighted by atomic mass is 16.5. The quantitative estimate of drug-likeness (QED) is 0.155. The van der Waals surface area contributed by atoms with Crippen LogP contribution in [0.1, 0.15) is 23.2 Å². The van der Waals surface area contributed by atoms with Gasteiger partial charge in [-0.15, -0.1) is 0 Å². The number of nitrogens with two attached hydrogens (primary N) is 2. The monoisotopic (exact) mass is 454 g/mol. The fourth-order valence-electron chi connectivity index (χ4n) is 3.29. The second-order valence-electron chi connectivity index (χ2n) is 7.76. The van der Waals surface area contributed by atoms with Crippen molar-refractivity contribution in [2.45, 2.75) is 26.7 Å². The fraction of sp³-hybridized carbons (Fsp3) is 0.160. The van der Waals surface area contributed by atoms with Gasteiger partial charge in [0.1, 0.15) is 23.1 Å². The number of ether oxygens (including phenoxy) is 1. The summed E-state index contributed by atoms with van der Waals surface area (Å²) in [5.74, 6) is 7.47. The van der Waals surface area contributed by atoms with E-state index in [-0.39, 0.29) is 0 Å². The van der Waals surface area contributed by atoms with Gasteiger partial charge < -0.3 is 21.6 Å². The minimum absolute atomic E-state index is 0.399. The van der Waals surface area contributed by atoms with Crippen LogP contribution >= 0.6 is 0 Å². The molecule has 0 aliphatic heterocycles. The second kappa shape index (κ2) is 10.4. The molecule has 0 aliphatic rings. The minimum atomic E-state index is 0.399. The van der Waals surface area contributed by atoms with Gasteiger partial charge in [-0.3, -0.25) is 9.97 Å². The molecular formula is C25H26N8O. The first-order valence-electron chi connectivity index (χ1n) is 10.8. The minimum Gasteiger partial charge on any atom is -0.455 e. The smallest absolute Gasteiger partial charge is 0.155 e. The summed E-state index contributed by atoms with van der Waals surface area (Å²) in [6, 6.07) is 13.3. The molecule has 172 valence electrons. The van der Waals surface area contributed by atoms with E-state index in [2.05, 4.69) is 25.4 Å². The maximum Gasteiger partial charge on any atom is 0.155 e. The Balaban J connectivity index is 1.55. The van der Waals surface area contributed by atoms with Crippen molar-refractivity contribution in [2.75, 3.05) is 5.32 Å². The van der Waals surface area contributed by atoms with Gasteiger partial charge in [-0.1, -0.05) is 6.07 Å². The van der Waals surface area contributed by atoms with E-state index in [1.165, 1.54) is 0 Å². The van der Waals surface area contributed by atoms with Crippen LogP contribution in [0.3, 0.4) is 0 Å². The molecule has 0 spiro atoms. The molecule has 0 atom stereocenters. The Kier molecular flexibility index (Phi) is 6.92. The lowest BCUT2D eigenvalue weighted by Crippen LogP contribution is -2.14. The lowest BCUT2D eigenvalue weighted by atomic mass is 10.1. The van der Waals surface area contributed by atoms with Crippen LogP contribution in [0.15, 0.2) is 72.4 Å². The fourth-order valence-corrected chi connectivity index (χ4v) is 3.29. The van der Waals surface area contributed by atoms with Gasteiger partial charge in [-0.2, -0.15) is 5.10 Å². The van der Waals surface area contributed by atoms with Gasteiger partial charge in [0, 0.05) is 36.8 Å². The molecule has 4 aromatic rings. The molecule has 0 fully saturated rings. The Morgan fingerprint density at radius 1 is 1.06 bits per heavy atom. The first-order chi connectivity index (χ1) is 16.5. The third-order valence-corrected chi connectivity index (χ3v) is 5.20. The maximum absolute atomic E-state index is 6.24. The van der Waals surface area contributed by atoms with Crippen molar-refractivity contribution in [3.8, 4) is 22.9 Å². The van der Waals surface area contributed by atoms with Crippen LogP contribution in [-0.2, 0) is 6.42 Å². The van der Waals surface area contributed by atoms with Crippen molar-refractivity contribution in [1.29, 1.82) is 0 Å². The van der Waals surface area contributed by atoms with Gasteiger partial charge in [0.25, 0.3) is 0 Å². The summed E-state index contributed by atoms with van der Waals surface area (Å²) >= 11 is 0. The first kappa shape index (κ1) is 22.7. The third-order valence-electron chi connectivity index (χ3n) is 5.20. The molecule has 0 saturated carbocycles. The van der Waals surface area contributed by atoms with E-state index in [4.69, 9.17) is 21.3 Å². The Labute approximate surface area is 198 Å². The summed E-state index contributed by atoms with van der Waals surface area (Å²) in [5, 5.41) is 6.77. The molecule has 0 amide bonds. The molecule has 9 nitrogen and oxygen atoms in total. The molecule has 4 rings (SSSR count). The zero-order valence-electron chi connectivity index (χ0n) is 19.1. The lowest BCUT2D eigenvalue weighted by Gasteiger charge is -2.14. The summed E-state index contributed by atoms with van der Waals surface area (Å²) in [5.41, 5.74) is 10.9. The molecule has 0 bridgehead atoms. The van der Waals surface area contributed by atoms with Gasteiger partial charge in [0.05, 0.1) is 17.6 Å². The number of nitrogens with zero attached hydrogens (tertiary/aromatic N) is 5. The summed E-state index contributed by atoms with van der Waals surface area (Å²) in [4.78, 5) is 17.9. The van der Waals surface area contributed by atoms with Crippen LogP contribution in [-0.4, -0.2) is 25.8 Å². The number of pyridine rings is 4. The van der Waals surface area contributed by atoms with E-state index in [1.807, 2.05) is 50.2 Å². The molecule has 0 saturated heterocycles. The van der Waals surface area contributed by atoms with Crippen molar-refractivity contribution >= 4 is 17.3 Å². The number of aryl methyl sites for hydroxylation is 3. The highest BCUT2D eigenvalue weighted by Crippen LogP contribution is 2.33. The zero-order valence-corrected chi connectivity index (χ0v) is 19.1. The van der Waals surface area contributed by atoms with E-state index in [0.29, 0.717) is 41.7 Å². The first-order valence-corrected chi connectivity index (χ1v) is 10.8. The number of hydrogen-bond donors (Lipinski definition) is 3. The Hall–Kier alpha value is -4.53. The molecule has 0 aliphatic carbocycles. The largest absolute Gasteiger partial charge is 0.455 e. The van der Waals surface area contributed by atoms with E-state index in [1.54, 1.807) is 30.9 Å². The van der Waals surface area contributed by atoms with Gasteiger partial charge in [0.2, 0.25) is 0 Å². The highest BCUT2D eigenvalue weighted by Gasteiger charge is 2.13. The zero-order chi connectivity index (χ0) is 23.9. The van der Waals surface area contributed by atoms with Crippen molar-refractivity contribution in [3.63, 3.8) is 0 Å². The van der Waals surface area contributed by atoms with Crippen LogP contribution < -0.4 is 21.6 Å². The normalized spacial score (nSPS) is 11.3. The van der Waals surface area contributed by atoms with Crippen molar-refractivity contribution in [2.24, 2.45) is 16.7 Å². The Morgan fingerprint density at radius 3 is 2.74 bits per heavy atom. The standard InChI is InChI=1S/C25H26N8O/c1-16-11-22(25(31-17(16)2)21-5-3-4-9-29-21)34-20-8-10-30-24(13-20)32-19-12-18(14-28-15-19)6-7-23(26)33-27/h3-5,8-15H,6-7,27H2,1-2H3,(H2,26,33)(H,30,32). The molecule has 0 radical (unpaired) electrons. The number of hydrogen-bond acceptors (Lipinski definition) is 8. The lowest BCUT2D eigenvalue weighted by molar-refractivity contribution is 0.481. The van der Waals surface area contributed by atoms with E-state index >= 15 is 0 Å². The molecule has 4 heterocycles. The van der Waals surface area contributed by atoms with E-state index < -0.39 is 0 Å². The van der Waals surface area contributed by atoms with Gasteiger partial charge in [-0.25, -0.2) is 9.97 Å². The van der Waals surface area contributed by atoms with Crippen molar-refractivity contribution in [1.82, 2.24) is 19.9 Å². The number of rotatable bonds is 8. The van der Waals surface area contributed by atoms with Gasteiger partial charge >= 0.3 is 0 Å². The van der Waals surface area contributed by atoms with Crippen LogP contribution in [0, 0.1) is 13.8 Å². The average Bonchev–Trinajstić information content (AvgIpc) is 2.85. The predicted molar refractivity (Wildman–Crippen MR) is 133 cm³/mol. The van der Waals surface area contributed by atoms with Crippen molar-refractivity contribution in [3.05, 3.63) is 84.1 Å². The van der Waals surface area contributed by atoms with Crippen molar-refractivity contribution < 1.29 is 4.74 Å². The Bertz CT molecular complexity index is 1310. The summed E-state index contributed by atoms with van der Waals surface area (Å²) in [6.07, 6.45) is 8.18. The van der Waals surface area contributed by atoms with Crippen LogP contribution in [0.25, 0.3) is 11.4 Å². The molecule has 5 N–H and O–H groups in total. The molecular weight excluding hydrogens is 428 g/mol. The number of aromatic nitrogens is 4. The summed E-state index contributed by atoms with van der Waals surface area (Å²) in [6.45, 7) is 3.98. The average molecular weight is 455 g/mol. The summed E-state index contributed by atoms with van der Waals surface area (Å²) in [7, 11) is 0. The number of nitrogens with one attached hydrogen (secondary N) is 1. The predicted octanol–water partition coefficient (Wildman–Crippen LogP) is 4.25.